The molecule has 0 aliphatic carbocycles. The number of likely N-dealkylation sites (tertiary alicyclic amines) is 2. The number of anilines is 1. The molecule has 6 aromatic rings. The molecule has 2 aliphatic heterocycles. The molecule has 2 aliphatic rings. The number of hydrogen-bond acceptors (Lipinski definition) is 7. The van der Waals surface area contributed by atoms with E-state index in [1.807, 2.05) is 54.6 Å². The number of nitrogen functional groups attached to an aromatic ring is 1. The average molecular weight is 893 g/mol. The minimum absolute atomic E-state index is 0. The predicted molar refractivity (Wildman–Crippen MR) is 258 cm³/mol. The number of rotatable bonds is 10. The van der Waals surface area contributed by atoms with E-state index < -0.39 is 5.24 Å². The van der Waals surface area contributed by atoms with Crippen molar-refractivity contribution in [3.63, 3.8) is 0 Å². The van der Waals surface area contributed by atoms with Crippen molar-refractivity contribution < 1.29 is 19.1 Å². The maximum absolute atomic E-state index is 12.6. The van der Waals surface area contributed by atoms with Gasteiger partial charge in [-0.3, -0.25) is 9.59 Å². The molecule has 10 heteroatoms. The zero-order chi connectivity index (χ0) is 43.1. The Labute approximate surface area is 382 Å². The van der Waals surface area contributed by atoms with Gasteiger partial charge in [-0.15, -0.1) is 0 Å². The summed E-state index contributed by atoms with van der Waals surface area (Å²) in [6.45, 7) is 4.38. The molecule has 324 valence electrons. The Balaban J connectivity index is 0.000000196. The van der Waals surface area contributed by atoms with Gasteiger partial charge in [0.05, 0.1) is 0 Å². The number of Topliss-reactive ketones (excluding diaryl/α,β-unsaturated/α-hetero) is 1. The third kappa shape index (κ3) is 15.0. The summed E-state index contributed by atoms with van der Waals surface area (Å²) in [5.41, 5.74) is 13.2. The van der Waals surface area contributed by atoms with Crippen LogP contribution in [0.25, 0.3) is 22.3 Å². The van der Waals surface area contributed by atoms with Crippen LogP contribution in [0.4, 0.5) is 5.69 Å². The Kier molecular flexibility index (Phi) is 18.5. The highest BCUT2D eigenvalue weighted by atomic mass is 35.5. The Hall–Kier alpha value is -5.15. The van der Waals surface area contributed by atoms with E-state index in [1.165, 1.54) is 0 Å². The lowest BCUT2D eigenvalue weighted by molar-refractivity contribution is 0.0992. The highest BCUT2D eigenvalue weighted by Gasteiger charge is 2.19. The fourth-order valence-electron chi connectivity index (χ4n) is 7.17. The van der Waals surface area contributed by atoms with Crippen LogP contribution in [0.2, 0.25) is 10.0 Å². The van der Waals surface area contributed by atoms with Crippen LogP contribution in [0.1, 0.15) is 59.4 Å². The molecule has 6 aromatic carbocycles. The van der Waals surface area contributed by atoms with Crippen LogP contribution in [0.5, 0.6) is 11.5 Å². The van der Waals surface area contributed by atoms with Crippen LogP contribution in [-0.4, -0.2) is 73.3 Å². The second-order valence-electron chi connectivity index (χ2n) is 15.5. The second-order valence-corrected chi connectivity index (χ2v) is 16.7. The summed E-state index contributed by atoms with van der Waals surface area (Å²) in [7, 11) is 4.32. The van der Waals surface area contributed by atoms with E-state index in [9.17, 15) is 9.59 Å². The van der Waals surface area contributed by atoms with Gasteiger partial charge in [0.1, 0.15) is 23.7 Å². The van der Waals surface area contributed by atoms with Crippen molar-refractivity contribution in [3.05, 3.63) is 172 Å². The molecule has 0 aromatic heterocycles. The lowest BCUT2D eigenvalue weighted by Crippen LogP contribution is -2.35. The molecule has 2 heterocycles. The molecule has 0 atom stereocenters. The summed E-state index contributed by atoms with van der Waals surface area (Å²) in [6, 6.07) is 46.1. The van der Waals surface area contributed by atoms with E-state index in [2.05, 4.69) is 66.4 Å². The Morgan fingerprint density at radius 3 is 1.42 bits per heavy atom. The first-order valence-electron chi connectivity index (χ1n) is 20.6. The third-order valence-electron chi connectivity index (χ3n) is 10.7. The van der Waals surface area contributed by atoms with Gasteiger partial charge in [0.2, 0.25) is 0 Å². The zero-order valence-corrected chi connectivity index (χ0v) is 36.9. The SMILES string of the molecule is C.CN1CCC(Oc2cccc(-c3cccc(CC(=O)c4ccc(Cl)cc4)c3)c2)CC1.CN1CCC(Oc2cccc(-c3cccc(N)c3)c2)CC1.O=C(Cl)c1ccc(Cl)cc1. The smallest absolute Gasteiger partial charge is 0.252 e. The number of piperidine rings is 2. The van der Waals surface area contributed by atoms with Gasteiger partial charge in [0.15, 0.2) is 5.78 Å². The topological polar surface area (TPSA) is 85.1 Å². The number of ketones is 1. The van der Waals surface area contributed by atoms with Gasteiger partial charge in [-0.25, -0.2) is 0 Å². The van der Waals surface area contributed by atoms with Gasteiger partial charge in [-0.1, -0.05) is 91.3 Å². The maximum Gasteiger partial charge on any atom is 0.252 e. The maximum atomic E-state index is 12.6. The molecule has 2 N–H and O–H groups in total. The van der Waals surface area contributed by atoms with Gasteiger partial charge >= 0.3 is 0 Å². The second kappa shape index (κ2) is 23.9. The van der Waals surface area contributed by atoms with E-state index in [0.717, 1.165) is 96.9 Å². The molecular formula is C52H56Cl3N3O4. The predicted octanol–water partition coefficient (Wildman–Crippen LogP) is 12.7. The number of hydrogen-bond donors (Lipinski definition) is 1. The molecule has 0 bridgehead atoms. The van der Waals surface area contributed by atoms with Crippen molar-refractivity contribution in [1.29, 1.82) is 0 Å². The summed E-state index contributed by atoms with van der Waals surface area (Å²) < 4.78 is 12.4. The summed E-state index contributed by atoms with van der Waals surface area (Å²) in [5.74, 6) is 1.94. The van der Waals surface area contributed by atoms with Gasteiger partial charge < -0.3 is 25.0 Å². The van der Waals surface area contributed by atoms with Crippen LogP contribution in [-0.2, 0) is 6.42 Å². The van der Waals surface area contributed by atoms with E-state index >= 15 is 0 Å². The number of nitrogens with two attached hydrogens (primary N) is 1. The number of halogens is 3. The molecule has 62 heavy (non-hydrogen) atoms. The Morgan fingerprint density at radius 1 is 0.565 bits per heavy atom. The van der Waals surface area contributed by atoms with Gasteiger partial charge in [-0.05, 0) is 164 Å². The largest absolute Gasteiger partial charge is 0.490 e. The Bertz CT molecular complexity index is 2340. The van der Waals surface area contributed by atoms with Gasteiger partial charge in [0.25, 0.3) is 5.24 Å². The lowest BCUT2D eigenvalue weighted by Gasteiger charge is -2.29. The molecular weight excluding hydrogens is 837 g/mol. The normalized spacial score (nSPS) is 14.5. The summed E-state index contributed by atoms with van der Waals surface area (Å²) >= 11 is 16.7. The molecule has 2 fully saturated rings. The van der Waals surface area contributed by atoms with Crippen LogP contribution in [0.3, 0.4) is 0 Å². The van der Waals surface area contributed by atoms with Crippen LogP contribution in [0, 0.1) is 0 Å². The first-order chi connectivity index (χ1) is 29.5. The average Bonchev–Trinajstić information content (AvgIpc) is 3.26. The quantitative estimate of drug-likeness (QED) is 0.0833. The van der Waals surface area contributed by atoms with Crippen molar-refractivity contribution in [3.8, 4) is 33.8 Å². The Morgan fingerprint density at radius 2 is 0.968 bits per heavy atom. The van der Waals surface area contributed by atoms with E-state index in [1.54, 1.807) is 48.5 Å². The molecule has 0 amide bonds. The third-order valence-corrected chi connectivity index (χ3v) is 11.4. The van der Waals surface area contributed by atoms with Gasteiger partial charge in [-0.2, -0.15) is 0 Å². The highest BCUT2D eigenvalue weighted by molar-refractivity contribution is 6.67. The fourth-order valence-corrected chi connectivity index (χ4v) is 7.55. The molecule has 0 spiro atoms. The van der Waals surface area contributed by atoms with Crippen molar-refractivity contribution in [2.24, 2.45) is 0 Å². The van der Waals surface area contributed by atoms with E-state index in [4.69, 9.17) is 50.0 Å². The van der Waals surface area contributed by atoms with Crippen molar-refractivity contribution >= 4 is 51.5 Å². The summed E-state index contributed by atoms with van der Waals surface area (Å²) in [4.78, 5) is 27.8. The monoisotopic (exact) mass is 891 g/mol. The van der Waals surface area contributed by atoms with E-state index in [-0.39, 0.29) is 19.3 Å². The number of ether oxygens (including phenoxy) is 2. The van der Waals surface area contributed by atoms with Crippen LogP contribution < -0.4 is 15.2 Å². The first-order valence-corrected chi connectivity index (χ1v) is 21.7. The minimum Gasteiger partial charge on any atom is -0.490 e. The minimum atomic E-state index is -0.461. The first kappa shape index (κ1) is 47.9. The van der Waals surface area contributed by atoms with Crippen LogP contribution in [0.15, 0.2) is 146 Å². The van der Waals surface area contributed by atoms with Crippen molar-refractivity contribution in [2.75, 3.05) is 46.0 Å². The zero-order valence-electron chi connectivity index (χ0n) is 34.6. The number of carbonyl (C=O) groups excluding carboxylic acids is 2. The van der Waals surface area contributed by atoms with Crippen molar-refractivity contribution in [2.45, 2.75) is 51.7 Å². The molecule has 2 saturated heterocycles. The number of benzene rings is 6. The van der Waals surface area contributed by atoms with Gasteiger partial charge in [0, 0.05) is 59.5 Å². The fraction of sp³-hybridized carbons (Fsp3) is 0.269. The summed E-state index contributed by atoms with van der Waals surface area (Å²) in [6.07, 6.45) is 5.28. The number of nitrogens with zero attached hydrogens (tertiary/aromatic N) is 2. The van der Waals surface area contributed by atoms with Crippen molar-refractivity contribution in [1.82, 2.24) is 9.80 Å². The lowest BCUT2D eigenvalue weighted by atomic mass is 9.98. The highest BCUT2D eigenvalue weighted by Crippen LogP contribution is 2.29. The molecule has 0 unspecified atom stereocenters. The molecule has 7 nitrogen and oxygen atoms in total. The number of carbonyl (C=O) groups is 2. The standard InChI is InChI=1S/C26H26ClNO2.C18H22N2O.C7H4Cl2O.CH4/c1-28-14-12-24(13-15-28)30-25-7-3-6-22(18-25)21-5-2-4-19(16-21)17-26(29)20-8-10-23(27)11-9-20;1-20-10-8-17(9-11-20)21-18-7-3-5-15(13-18)14-4-2-6-16(19)12-14;8-6-3-1-5(2-4-6)7(9)10;/h2-11,16,18,24H,12-15,17H2,1H3;2-7,12-13,17H,8-11,19H2,1H3;1-4H;1H4. The molecule has 0 saturated carbocycles. The van der Waals surface area contributed by atoms with Crippen LogP contribution >= 0.6 is 34.8 Å². The molecule has 0 radical (unpaired) electrons. The van der Waals surface area contributed by atoms with E-state index in [0.29, 0.717) is 33.7 Å². The molecule has 8 rings (SSSR count). The summed E-state index contributed by atoms with van der Waals surface area (Å²) in [5, 5.41) is 0.772.